The average Bonchev–Trinajstić information content (AvgIpc) is 2.95. The highest BCUT2D eigenvalue weighted by Gasteiger charge is 2.33. The highest BCUT2D eigenvalue weighted by molar-refractivity contribution is 8.03. The van der Waals surface area contributed by atoms with Gasteiger partial charge in [-0.05, 0) is 44.9 Å². The summed E-state index contributed by atoms with van der Waals surface area (Å²) >= 11 is 3.83. The molecule has 0 spiro atoms. The van der Waals surface area contributed by atoms with Crippen molar-refractivity contribution in [2.75, 3.05) is 18.6 Å². The van der Waals surface area contributed by atoms with Gasteiger partial charge in [0.15, 0.2) is 0 Å². The molecule has 0 saturated carbocycles. The molecule has 5 heteroatoms. The molecule has 2 unspecified atom stereocenters. The number of hydrogen-bond donors (Lipinski definition) is 0. The van der Waals surface area contributed by atoms with Gasteiger partial charge in [-0.2, -0.15) is 23.5 Å². The second kappa shape index (κ2) is 8.34. The van der Waals surface area contributed by atoms with E-state index in [1.54, 1.807) is 7.11 Å². The lowest BCUT2D eigenvalue weighted by molar-refractivity contribution is -0.159. The first-order chi connectivity index (χ1) is 10.9. The normalized spacial score (nSPS) is 21.2. The molecule has 1 saturated heterocycles. The summed E-state index contributed by atoms with van der Waals surface area (Å²) in [7, 11) is 1.68. The van der Waals surface area contributed by atoms with Gasteiger partial charge in [-0.15, -0.1) is 0 Å². The van der Waals surface area contributed by atoms with E-state index in [2.05, 4.69) is 12.1 Å². The van der Waals surface area contributed by atoms with Crippen LogP contribution < -0.4 is 4.74 Å². The summed E-state index contributed by atoms with van der Waals surface area (Å²) in [5, 5.41) is 0.552. The van der Waals surface area contributed by atoms with Crippen molar-refractivity contribution in [3.8, 4) is 5.75 Å². The molecule has 2 atom stereocenters. The van der Waals surface area contributed by atoms with Gasteiger partial charge in [-0.3, -0.25) is 4.79 Å². The van der Waals surface area contributed by atoms with E-state index in [1.165, 1.54) is 5.56 Å². The molecule has 1 aliphatic heterocycles. The maximum absolute atomic E-state index is 12.1. The van der Waals surface area contributed by atoms with Gasteiger partial charge in [0.25, 0.3) is 0 Å². The van der Waals surface area contributed by atoms with Crippen LogP contribution in [0, 0.1) is 5.92 Å². The zero-order valence-corrected chi connectivity index (χ0v) is 16.0. The molecule has 2 rings (SSSR count). The van der Waals surface area contributed by atoms with E-state index in [4.69, 9.17) is 9.47 Å². The Kier molecular flexibility index (Phi) is 6.72. The zero-order chi connectivity index (χ0) is 16.9. The highest BCUT2D eigenvalue weighted by atomic mass is 32.2. The summed E-state index contributed by atoms with van der Waals surface area (Å²) in [6.07, 6.45) is 0.940. The highest BCUT2D eigenvalue weighted by Crippen LogP contribution is 2.35. The summed E-state index contributed by atoms with van der Waals surface area (Å²) in [4.78, 5) is 12.1. The summed E-state index contributed by atoms with van der Waals surface area (Å²) in [5.74, 6) is 3.89. The average molecular weight is 355 g/mol. The standard InChI is InChI=1S/C18H26O3S2/c1-18(2,3)21-17(19)14-9-16(23-11-14)12-22-10-13-5-7-15(20-4)8-6-13/h5-8,14,16H,9-12H2,1-4H3. The fraction of sp³-hybridized carbons (Fsp3) is 0.611. The summed E-state index contributed by atoms with van der Waals surface area (Å²) < 4.78 is 10.7. The monoisotopic (exact) mass is 354 g/mol. The molecular weight excluding hydrogens is 328 g/mol. The maximum atomic E-state index is 12.1. The number of carbonyl (C=O) groups excluding carboxylic acids is 1. The van der Waals surface area contributed by atoms with Crippen molar-refractivity contribution in [2.45, 2.75) is 43.8 Å². The van der Waals surface area contributed by atoms with Crippen LogP contribution in [0.3, 0.4) is 0 Å². The first-order valence-corrected chi connectivity index (χ1v) is 10.1. The minimum atomic E-state index is -0.386. The van der Waals surface area contributed by atoms with Gasteiger partial charge in [0.2, 0.25) is 0 Å². The van der Waals surface area contributed by atoms with Gasteiger partial charge < -0.3 is 9.47 Å². The zero-order valence-electron chi connectivity index (χ0n) is 14.3. The number of carbonyl (C=O) groups is 1. The summed E-state index contributed by atoms with van der Waals surface area (Å²) in [5.41, 5.74) is 0.922. The smallest absolute Gasteiger partial charge is 0.310 e. The van der Waals surface area contributed by atoms with Crippen LogP contribution in [0.25, 0.3) is 0 Å². The molecule has 1 aromatic rings. The molecule has 1 aromatic carbocycles. The van der Waals surface area contributed by atoms with Crippen LogP contribution in [-0.4, -0.2) is 35.4 Å². The van der Waals surface area contributed by atoms with Gasteiger partial charge in [0.1, 0.15) is 11.4 Å². The van der Waals surface area contributed by atoms with E-state index in [-0.39, 0.29) is 17.5 Å². The largest absolute Gasteiger partial charge is 0.497 e. The van der Waals surface area contributed by atoms with Gasteiger partial charge in [0.05, 0.1) is 13.0 Å². The van der Waals surface area contributed by atoms with Crippen molar-refractivity contribution < 1.29 is 14.3 Å². The van der Waals surface area contributed by atoms with Gasteiger partial charge in [0, 0.05) is 22.5 Å². The Labute approximate surface area is 147 Å². The molecule has 0 N–H and O–H groups in total. The Morgan fingerprint density at radius 3 is 2.61 bits per heavy atom. The van der Waals surface area contributed by atoms with E-state index in [1.807, 2.05) is 56.4 Å². The van der Waals surface area contributed by atoms with Crippen LogP contribution in [0.2, 0.25) is 0 Å². The Hall–Kier alpha value is -0.810. The molecule has 0 bridgehead atoms. The Morgan fingerprint density at radius 1 is 1.30 bits per heavy atom. The third-order valence-corrected chi connectivity index (χ3v) is 6.36. The number of benzene rings is 1. The fourth-order valence-electron chi connectivity index (χ4n) is 2.40. The molecule has 0 aliphatic carbocycles. The number of esters is 1. The first-order valence-electron chi connectivity index (χ1n) is 7.92. The summed E-state index contributed by atoms with van der Waals surface area (Å²) in [6.45, 7) is 5.78. The predicted octanol–water partition coefficient (Wildman–Crippen LogP) is 4.39. The van der Waals surface area contributed by atoms with Crippen molar-refractivity contribution in [1.29, 1.82) is 0 Å². The molecule has 128 valence electrons. The molecule has 3 nitrogen and oxygen atoms in total. The van der Waals surface area contributed by atoms with Crippen LogP contribution in [0.4, 0.5) is 0 Å². The molecule has 1 fully saturated rings. The molecular formula is C18H26O3S2. The number of methoxy groups -OCH3 is 1. The van der Waals surface area contributed by atoms with Crippen molar-refractivity contribution in [3.05, 3.63) is 29.8 Å². The predicted molar refractivity (Wildman–Crippen MR) is 99.4 cm³/mol. The van der Waals surface area contributed by atoms with E-state index in [0.717, 1.165) is 29.4 Å². The van der Waals surface area contributed by atoms with E-state index in [0.29, 0.717) is 5.25 Å². The lowest BCUT2D eigenvalue weighted by atomic mass is 10.1. The van der Waals surface area contributed by atoms with Crippen LogP contribution >= 0.6 is 23.5 Å². The van der Waals surface area contributed by atoms with Gasteiger partial charge in [-0.1, -0.05) is 12.1 Å². The van der Waals surface area contributed by atoms with Crippen LogP contribution in [-0.2, 0) is 15.3 Å². The fourth-order valence-corrected chi connectivity index (χ4v) is 5.16. The second-order valence-corrected chi connectivity index (χ2v) is 9.15. The van der Waals surface area contributed by atoms with Crippen molar-refractivity contribution in [2.24, 2.45) is 5.92 Å². The third kappa shape index (κ3) is 6.30. The molecule has 1 aliphatic rings. The molecule has 1 heterocycles. The van der Waals surface area contributed by atoms with Gasteiger partial charge in [-0.25, -0.2) is 0 Å². The quantitative estimate of drug-likeness (QED) is 0.708. The Bertz CT molecular complexity index is 508. The molecule has 0 amide bonds. The minimum Gasteiger partial charge on any atom is -0.497 e. The Morgan fingerprint density at radius 2 is 2.00 bits per heavy atom. The lowest BCUT2D eigenvalue weighted by Crippen LogP contribution is -2.29. The molecule has 23 heavy (non-hydrogen) atoms. The van der Waals surface area contributed by atoms with Crippen LogP contribution in [0.15, 0.2) is 24.3 Å². The lowest BCUT2D eigenvalue weighted by Gasteiger charge is -2.21. The number of ether oxygens (including phenoxy) is 2. The van der Waals surface area contributed by atoms with Crippen molar-refractivity contribution >= 4 is 29.5 Å². The number of thioether (sulfide) groups is 2. The van der Waals surface area contributed by atoms with Crippen LogP contribution in [0.5, 0.6) is 5.75 Å². The SMILES string of the molecule is COc1ccc(CSCC2CC(C(=O)OC(C)(C)C)CS2)cc1. The van der Waals surface area contributed by atoms with E-state index in [9.17, 15) is 4.79 Å². The second-order valence-electron chi connectivity index (χ2n) is 6.78. The molecule has 0 aromatic heterocycles. The van der Waals surface area contributed by atoms with Crippen molar-refractivity contribution in [3.63, 3.8) is 0 Å². The number of hydrogen-bond acceptors (Lipinski definition) is 5. The van der Waals surface area contributed by atoms with E-state index < -0.39 is 0 Å². The Balaban J connectivity index is 1.70. The summed E-state index contributed by atoms with van der Waals surface area (Å²) in [6, 6.07) is 8.21. The van der Waals surface area contributed by atoms with Gasteiger partial charge >= 0.3 is 5.97 Å². The number of rotatable bonds is 6. The maximum Gasteiger partial charge on any atom is 0.310 e. The topological polar surface area (TPSA) is 35.5 Å². The van der Waals surface area contributed by atoms with E-state index >= 15 is 0 Å². The van der Waals surface area contributed by atoms with Crippen molar-refractivity contribution in [1.82, 2.24) is 0 Å². The third-order valence-electron chi connectivity index (χ3n) is 3.55. The minimum absolute atomic E-state index is 0.0346. The first kappa shape index (κ1) is 18.5. The molecule has 0 radical (unpaired) electrons. The van der Waals surface area contributed by atoms with Crippen LogP contribution in [0.1, 0.15) is 32.8 Å².